The minimum absolute atomic E-state index is 1.18. The van der Waals surface area contributed by atoms with Gasteiger partial charge in [-0.3, -0.25) is 0 Å². The average Bonchev–Trinajstić information content (AvgIpc) is 3.09. The molecule has 1 aromatic heterocycles. The monoisotopic (exact) mass is 311 g/mol. The minimum atomic E-state index is 1.18. The van der Waals surface area contributed by atoms with E-state index in [0.717, 1.165) is 0 Å². The van der Waals surface area contributed by atoms with E-state index < -0.39 is 0 Å². The Morgan fingerprint density at radius 2 is 1.00 bits per heavy atom. The second kappa shape index (κ2) is 6.23. The number of rotatable bonds is 3. The Kier molecular flexibility index (Phi) is 3.79. The van der Waals surface area contributed by atoms with E-state index in [9.17, 15) is 0 Å². The molecule has 0 nitrogen and oxygen atoms in total. The Balaban J connectivity index is 1.91. The molecule has 0 atom stereocenters. The van der Waals surface area contributed by atoms with Crippen molar-refractivity contribution in [1.82, 2.24) is 0 Å². The molecule has 1 heterocycles. The van der Waals surface area contributed by atoms with Crippen LogP contribution in [0.3, 0.4) is 0 Å². The van der Waals surface area contributed by atoms with E-state index in [2.05, 4.69) is 91.0 Å². The fraction of sp³-hybridized carbons (Fsp3) is 0. The van der Waals surface area contributed by atoms with E-state index in [-0.39, 0.29) is 0 Å². The number of hydrogen-bond acceptors (Lipinski definition) is 1. The molecule has 0 amide bonds. The predicted molar refractivity (Wildman–Crippen MR) is 99.5 cm³/mol. The molecule has 0 saturated carbocycles. The second-order valence-electron chi connectivity index (χ2n) is 5.36. The molecule has 0 unspecified atom stereocenters. The predicted octanol–water partition coefficient (Wildman–Crippen LogP) is 6.55. The summed E-state index contributed by atoms with van der Waals surface area (Å²) in [6, 6.07) is 35.2. The lowest BCUT2D eigenvalue weighted by Crippen LogP contribution is -1.78. The molecular formula is C22H15S. The van der Waals surface area contributed by atoms with Crippen molar-refractivity contribution in [3.63, 3.8) is 0 Å². The summed E-state index contributed by atoms with van der Waals surface area (Å²) in [4.78, 5) is 2.46. The van der Waals surface area contributed by atoms with Crippen molar-refractivity contribution < 1.29 is 0 Å². The highest BCUT2D eigenvalue weighted by Crippen LogP contribution is 2.42. The molecule has 0 aliphatic heterocycles. The maximum absolute atomic E-state index is 3.63. The zero-order valence-electron chi connectivity index (χ0n) is 12.6. The normalized spacial score (nSPS) is 10.6. The van der Waals surface area contributed by atoms with Crippen molar-refractivity contribution in [2.45, 2.75) is 0 Å². The second-order valence-corrected chi connectivity index (χ2v) is 6.38. The van der Waals surface area contributed by atoms with Crippen LogP contribution < -0.4 is 0 Å². The van der Waals surface area contributed by atoms with Crippen LogP contribution in [0.1, 0.15) is 0 Å². The third-order valence-corrected chi connectivity index (χ3v) is 4.99. The fourth-order valence-corrected chi connectivity index (χ4v) is 3.81. The molecule has 0 N–H and O–H groups in total. The molecule has 23 heavy (non-hydrogen) atoms. The molecule has 1 radical (unpaired) electrons. The molecule has 4 aromatic rings. The van der Waals surface area contributed by atoms with Crippen LogP contribution in [0.2, 0.25) is 0 Å². The van der Waals surface area contributed by atoms with Crippen LogP contribution in [-0.2, 0) is 0 Å². The summed E-state index contributed by atoms with van der Waals surface area (Å²) < 4.78 is 0. The van der Waals surface area contributed by atoms with Crippen LogP contribution in [0, 0.1) is 6.07 Å². The van der Waals surface area contributed by atoms with E-state index in [1.807, 2.05) is 6.07 Å². The fourth-order valence-electron chi connectivity index (χ4n) is 2.67. The minimum Gasteiger partial charge on any atom is -0.134 e. The van der Waals surface area contributed by atoms with Gasteiger partial charge in [0, 0.05) is 21.4 Å². The average molecular weight is 311 g/mol. The largest absolute Gasteiger partial charge is 0.134 e. The van der Waals surface area contributed by atoms with Crippen LogP contribution in [0.15, 0.2) is 91.0 Å². The number of thiophene rings is 1. The van der Waals surface area contributed by atoms with Gasteiger partial charge < -0.3 is 0 Å². The highest BCUT2D eigenvalue weighted by molar-refractivity contribution is 7.19. The van der Waals surface area contributed by atoms with E-state index in [1.54, 1.807) is 11.3 Å². The number of benzene rings is 3. The molecular weight excluding hydrogens is 296 g/mol. The van der Waals surface area contributed by atoms with E-state index in [1.165, 1.54) is 32.0 Å². The van der Waals surface area contributed by atoms with Crippen LogP contribution in [-0.4, -0.2) is 0 Å². The first-order valence-corrected chi connectivity index (χ1v) is 8.46. The third-order valence-electron chi connectivity index (χ3n) is 3.80. The molecule has 0 aliphatic rings. The van der Waals surface area contributed by atoms with E-state index >= 15 is 0 Å². The first-order valence-electron chi connectivity index (χ1n) is 7.64. The van der Waals surface area contributed by atoms with Crippen LogP contribution in [0.5, 0.6) is 0 Å². The maximum Gasteiger partial charge on any atom is 0.0435 e. The highest BCUT2D eigenvalue weighted by Gasteiger charge is 2.14. The molecule has 0 aliphatic carbocycles. The van der Waals surface area contributed by atoms with Gasteiger partial charge in [-0.25, -0.2) is 0 Å². The van der Waals surface area contributed by atoms with Gasteiger partial charge in [0.2, 0.25) is 0 Å². The SMILES string of the molecule is [c]1c(-c2ccccc2)sc(-c2ccccc2)c1-c1ccccc1. The molecule has 0 saturated heterocycles. The smallest absolute Gasteiger partial charge is 0.0435 e. The lowest BCUT2D eigenvalue weighted by Gasteiger charge is -2.03. The molecule has 0 bridgehead atoms. The van der Waals surface area contributed by atoms with Crippen LogP contribution in [0.25, 0.3) is 32.0 Å². The zero-order chi connectivity index (χ0) is 15.5. The van der Waals surface area contributed by atoms with Gasteiger partial charge in [0.05, 0.1) is 0 Å². The van der Waals surface area contributed by atoms with Crippen LogP contribution in [0.4, 0.5) is 0 Å². The van der Waals surface area contributed by atoms with Crippen molar-refractivity contribution in [2.24, 2.45) is 0 Å². The van der Waals surface area contributed by atoms with E-state index in [0.29, 0.717) is 0 Å². The highest BCUT2D eigenvalue weighted by atomic mass is 32.1. The van der Waals surface area contributed by atoms with Gasteiger partial charge in [-0.15, -0.1) is 11.3 Å². The van der Waals surface area contributed by atoms with Crippen molar-refractivity contribution in [2.75, 3.05) is 0 Å². The Morgan fingerprint density at radius 3 is 1.57 bits per heavy atom. The molecule has 0 fully saturated rings. The van der Waals surface area contributed by atoms with Gasteiger partial charge in [-0.1, -0.05) is 91.0 Å². The van der Waals surface area contributed by atoms with Gasteiger partial charge in [0.1, 0.15) is 0 Å². The van der Waals surface area contributed by atoms with Crippen molar-refractivity contribution in [1.29, 1.82) is 0 Å². The van der Waals surface area contributed by atoms with Gasteiger partial charge in [-0.2, -0.15) is 0 Å². The standard InChI is InChI=1S/C22H15S/c1-4-10-17(11-5-1)20-16-21(18-12-6-2-7-13-18)23-22(20)19-14-8-3-9-15-19/h1-15H. The summed E-state index contributed by atoms with van der Waals surface area (Å²) in [5.41, 5.74) is 4.86. The first kappa shape index (κ1) is 14.0. The summed E-state index contributed by atoms with van der Waals surface area (Å²) in [6.45, 7) is 0. The van der Waals surface area contributed by atoms with Crippen molar-refractivity contribution >= 4 is 11.3 Å². The van der Waals surface area contributed by atoms with Crippen LogP contribution >= 0.6 is 11.3 Å². The Bertz CT molecular complexity index is 834. The Hall–Kier alpha value is -2.64. The third kappa shape index (κ3) is 2.84. The molecule has 0 spiro atoms. The summed E-state index contributed by atoms with van der Waals surface area (Å²) in [5.74, 6) is 0. The quantitative estimate of drug-likeness (QED) is 0.402. The summed E-state index contributed by atoms with van der Waals surface area (Å²) >= 11 is 1.80. The van der Waals surface area contributed by atoms with E-state index in [4.69, 9.17) is 0 Å². The molecule has 109 valence electrons. The molecule has 4 rings (SSSR count). The summed E-state index contributed by atoms with van der Waals surface area (Å²) in [6.07, 6.45) is 0. The topological polar surface area (TPSA) is 0 Å². The lowest BCUT2D eigenvalue weighted by atomic mass is 10.0. The van der Waals surface area contributed by atoms with Crippen molar-refractivity contribution in [3.8, 4) is 32.0 Å². The maximum atomic E-state index is 3.63. The summed E-state index contributed by atoms with van der Waals surface area (Å²) in [7, 11) is 0. The van der Waals surface area contributed by atoms with Gasteiger partial charge in [0.15, 0.2) is 0 Å². The first-order chi connectivity index (χ1) is 11.4. The van der Waals surface area contributed by atoms with Crippen molar-refractivity contribution in [3.05, 3.63) is 97.1 Å². The molecule has 1 heteroatoms. The lowest BCUT2D eigenvalue weighted by molar-refractivity contribution is 1.64. The van der Waals surface area contributed by atoms with Gasteiger partial charge >= 0.3 is 0 Å². The summed E-state index contributed by atoms with van der Waals surface area (Å²) in [5, 5.41) is 0. The van der Waals surface area contributed by atoms with Gasteiger partial charge in [-0.05, 0) is 16.7 Å². The Morgan fingerprint density at radius 1 is 0.522 bits per heavy atom. The zero-order valence-corrected chi connectivity index (χ0v) is 13.4. The van der Waals surface area contributed by atoms with Gasteiger partial charge in [0.25, 0.3) is 0 Å². The Labute approximate surface area is 140 Å². The number of hydrogen-bond donors (Lipinski definition) is 0. The molecule has 3 aromatic carbocycles.